The van der Waals surface area contributed by atoms with Gasteiger partial charge in [-0.3, -0.25) is 9.59 Å². The van der Waals surface area contributed by atoms with Crippen molar-refractivity contribution in [2.24, 2.45) is 5.92 Å². The first kappa shape index (κ1) is 21.7. The van der Waals surface area contributed by atoms with Crippen LogP contribution in [0.2, 0.25) is 0 Å². The van der Waals surface area contributed by atoms with E-state index in [1.165, 1.54) is 0 Å². The molecule has 6 heteroatoms. The van der Waals surface area contributed by atoms with Crippen molar-refractivity contribution in [1.29, 1.82) is 0 Å². The molecule has 0 unspecified atom stereocenters. The third-order valence-corrected chi connectivity index (χ3v) is 5.24. The Kier molecular flexibility index (Phi) is 6.65. The van der Waals surface area contributed by atoms with E-state index >= 15 is 0 Å². The summed E-state index contributed by atoms with van der Waals surface area (Å²) in [6, 6.07) is 17.1. The number of hydrogen-bond donors (Lipinski definition) is 1. The number of anilines is 2. The maximum Gasteiger partial charge on any atom is 0.267 e. The van der Waals surface area contributed by atoms with Crippen LogP contribution in [0.4, 0.5) is 11.4 Å². The number of benzene rings is 2. The molecule has 160 valence electrons. The van der Waals surface area contributed by atoms with Crippen LogP contribution in [0.3, 0.4) is 0 Å². The smallest absolute Gasteiger partial charge is 0.267 e. The summed E-state index contributed by atoms with van der Waals surface area (Å²) in [5, 5.41) is 2.93. The lowest BCUT2D eigenvalue weighted by Gasteiger charge is -2.37. The van der Waals surface area contributed by atoms with Crippen molar-refractivity contribution in [3.05, 3.63) is 54.6 Å². The first-order chi connectivity index (χ1) is 14.3. The summed E-state index contributed by atoms with van der Waals surface area (Å²) in [4.78, 5) is 29.0. The van der Waals surface area contributed by atoms with Crippen LogP contribution in [0.25, 0.3) is 0 Å². The number of amides is 2. The van der Waals surface area contributed by atoms with Gasteiger partial charge >= 0.3 is 0 Å². The molecule has 1 heterocycles. The molecule has 0 bridgehead atoms. The number of carbonyl (C=O) groups is 2. The molecule has 1 saturated heterocycles. The molecule has 1 N–H and O–H groups in total. The van der Waals surface area contributed by atoms with Crippen molar-refractivity contribution >= 4 is 23.2 Å². The van der Waals surface area contributed by atoms with Crippen molar-refractivity contribution < 1.29 is 14.3 Å². The Morgan fingerprint density at radius 3 is 2.10 bits per heavy atom. The predicted molar refractivity (Wildman–Crippen MR) is 120 cm³/mol. The number of nitrogens with one attached hydrogen (secondary N) is 1. The van der Waals surface area contributed by atoms with E-state index in [-0.39, 0.29) is 17.7 Å². The molecule has 1 aliphatic heterocycles. The molecule has 0 atom stereocenters. The first-order valence-corrected chi connectivity index (χ1v) is 10.5. The Bertz CT molecular complexity index is 855. The van der Waals surface area contributed by atoms with Crippen LogP contribution in [0.5, 0.6) is 5.75 Å². The summed E-state index contributed by atoms with van der Waals surface area (Å²) < 4.78 is 5.85. The molecule has 0 aromatic heterocycles. The molecule has 0 saturated carbocycles. The van der Waals surface area contributed by atoms with E-state index in [9.17, 15) is 9.59 Å². The van der Waals surface area contributed by atoms with Gasteiger partial charge in [0.15, 0.2) is 5.60 Å². The van der Waals surface area contributed by atoms with Gasteiger partial charge in [0, 0.05) is 43.5 Å². The zero-order chi connectivity index (χ0) is 21.7. The SMILES string of the molecule is CC(C)C(=O)N1CCN(c2ccc(NC(=O)C(C)(C)Oc3ccccc3)cc2)CC1. The molecule has 0 radical (unpaired) electrons. The third kappa shape index (κ3) is 5.32. The van der Waals surface area contributed by atoms with E-state index in [0.717, 1.165) is 37.6 Å². The van der Waals surface area contributed by atoms with Gasteiger partial charge < -0.3 is 19.9 Å². The first-order valence-electron chi connectivity index (χ1n) is 10.5. The quantitative estimate of drug-likeness (QED) is 0.789. The highest BCUT2D eigenvalue weighted by Crippen LogP contribution is 2.23. The summed E-state index contributed by atoms with van der Waals surface area (Å²) in [7, 11) is 0. The molecule has 2 amide bonds. The normalized spacial score (nSPS) is 14.6. The van der Waals surface area contributed by atoms with Crippen LogP contribution in [-0.2, 0) is 9.59 Å². The van der Waals surface area contributed by atoms with Gasteiger partial charge in [-0.1, -0.05) is 32.0 Å². The average Bonchev–Trinajstić information content (AvgIpc) is 2.74. The number of rotatable bonds is 6. The van der Waals surface area contributed by atoms with E-state index in [1.54, 1.807) is 13.8 Å². The fourth-order valence-electron chi connectivity index (χ4n) is 3.42. The van der Waals surface area contributed by atoms with Crippen LogP contribution in [-0.4, -0.2) is 48.5 Å². The Balaban J connectivity index is 1.56. The van der Waals surface area contributed by atoms with Crippen LogP contribution >= 0.6 is 0 Å². The van der Waals surface area contributed by atoms with Gasteiger partial charge in [0.25, 0.3) is 5.91 Å². The predicted octanol–water partition coefficient (Wildman–Crippen LogP) is 3.79. The maximum atomic E-state index is 12.7. The van der Waals surface area contributed by atoms with Crippen molar-refractivity contribution in [2.45, 2.75) is 33.3 Å². The number of piperazine rings is 1. The third-order valence-electron chi connectivity index (χ3n) is 5.24. The highest BCUT2D eigenvalue weighted by molar-refractivity contribution is 5.97. The monoisotopic (exact) mass is 409 g/mol. The molecule has 0 aliphatic carbocycles. The van der Waals surface area contributed by atoms with Gasteiger partial charge in [0.05, 0.1) is 0 Å². The molecule has 2 aromatic carbocycles. The molecule has 30 heavy (non-hydrogen) atoms. The molecule has 6 nitrogen and oxygen atoms in total. The molecular weight excluding hydrogens is 378 g/mol. The van der Waals surface area contributed by atoms with Crippen LogP contribution in [0.15, 0.2) is 54.6 Å². The molecule has 0 spiro atoms. The number of carbonyl (C=O) groups excluding carboxylic acids is 2. The van der Waals surface area contributed by atoms with E-state index in [4.69, 9.17) is 4.74 Å². The summed E-state index contributed by atoms with van der Waals surface area (Å²) in [5.74, 6) is 0.700. The van der Waals surface area contributed by atoms with Crippen molar-refractivity contribution in [3.8, 4) is 5.75 Å². The summed E-state index contributed by atoms with van der Waals surface area (Å²) >= 11 is 0. The van der Waals surface area contributed by atoms with Gasteiger partial charge in [-0.05, 0) is 50.2 Å². The van der Waals surface area contributed by atoms with Crippen molar-refractivity contribution in [2.75, 3.05) is 36.4 Å². The Labute approximate surface area is 178 Å². The van der Waals surface area contributed by atoms with Gasteiger partial charge in [-0.25, -0.2) is 0 Å². The van der Waals surface area contributed by atoms with E-state index in [2.05, 4.69) is 10.2 Å². The summed E-state index contributed by atoms with van der Waals surface area (Å²) in [6.45, 7) is 10.5. The highest BCUT2D eigenvalue weighted by Gasteiger charge is 2.30. The molecule has 1 fully saturated rings. The molecular formula is C24H31N3O3. The van der Waals surface area contributed by atoms with E-state index < -0.39 is 5.60 Å². The second-order valence-electron chi connectivity index (χ2n) is 8.39. The number of hydrogen-bond acceptors (Lipinski definition) is 4. The number of nitrogens with zero attached hydrogens (tertiary/aromatic N) is 2. The molecule has 2 aromatic rings. The fourth-order valence-corrected chi connectivity index (χ4v) is 3.42. The lowest BCUT2D eigenvalue weighted by Crippen LogP contribution is -2.49. The Hall–Kier alpha value is -3.02. The Morgan fingerprint density at radius 1 is 0.933 bits per heavy atom. The van der Waals surface area contributed by atoms with Crippen LogP contribution in [0, 0.1) is 5.92 Å². The van der Waals surface area contributed by atoms with Gasteiger partial charge in [0.2, 0.25) is 5.91 Å². The highest BCUT2D eigenvalue weighted by atomic mass is 16.5. The summed E-state index contributed by atoms with van der Waals surface area (Å²) in [5.41, 5.74) is 0.811. The Morgan fingerprint density at radius 2 is 1.53 bits per heavy atom. The van der Waals surface area contributed by atoms with E-state index in [1.807, 2.05) is 73.3 Å². The zero-order valence-electron chi connectivity index (χ0n) is 18.2. The number of para-hydroxylation sites is 1. The second-order valence-corrected chi connectivity index (χ2v) is 8.39. The minimum Gasteiger partial charge on any atom is -0.478 e. The maximum absolute atomic E-state index is 12.7. The lowest BCUT2D eigenvalue weighted by atomic mass is 10.1. The van der Waals surface area contributed by atoms with E-state index in [0.29, 0.717) is 5.75 Å². The standard InChI is InChI=1S/C24H31N3O3/c1-18(2)22(28)27-16-14-26(15-17-27)20-12-10-19(11-13-20)25-23(29)24(3,4)30-21-8-6-5-7-9-21/h5-13,18H,14-17H2,1-4H3,(H,25,29). The lowest BCUT2D eigenvalue weighted by molar-refractivity contribution is -0.134. The van der Waals surface area contributed by atoms with Gasteiger partial charge in [-0.2, -0.15) is 0 Å². The fraction of sp³-hybridized carbons (Fsp3) is 0.417. The molecule has 3 rings (SSSR count). The number of ether oxygens (including phenoxy) is 1. The minimum atomic E-state index is -1.00. The van der Waals surface area contributed by atoms with Crippen molar-refractivity contribution in [1.82, 2.24) is 4.90 Å². The average molecular weight is 410 g/mol. The topological polar surface area (TPSA) is 61.9 Å². The van der Waals surface area contributed by atoms with Crippen molar-refractivity contribution in [3.63, 3.8) is 0 Å². The zero-order valence-corrected chi connectivity index (χ0v) is 18.2. The minimum absolute atomic E-state index is 0.0366. The second kappa shape index (κ2) is 9.20. The van der Waals surface area contributed by atoms with Gasteiger partial charge in [0.1, 0.15) is 5.75 Å². The largest absolute Gasteiger partial charge is 0.478 e. The van der Waals surface area contributed by atoms with Gasteiger partial charge in [-0.15, -0.1) is 0 Å². The molecule has 1 aliphatic rings. The van der Waals surface area contributed by atoms with Crippen LogP contribution in [0.1, 0.15) is 27.7 Å². The summed E-state index contributed by atoms with van der Waals surface area (Å²) in [6.07, 6.45) is 0. The van der Waals surface area contributed by atoms with Crippen LogP contribution < -0.4 is 15.0 Å².